The lowest BCUT2D eigenvalue weighted by atomic mass is 10.3. The third kappa shape index (κ3) is 3.40. The molecule has 0 heterocycles. The smallest absolute Gasteiger partial charge is 0.241 e. The summed E-state index contributed by atoms with van der Waals surface area (Å²) in [6.07, 6.45) is 4.36. The predicted molar refractivity (Wildman–Crippen MR) is 72.5 cm³/mol. The van der Waals surface area contributed by atoms with Crippen LogP contribution in [0.25, 0.3) is 0 Å². The molecule has 1 aliphatic carbocycles. The van der Waals surface area contributed by atoms with Crippen molar-refractivity contribution in [2.75, 3.05) is 25.2 Å². The van der Waals surface area contributed by atoms with Crippen LogP contribution in [-0.4, -0.2) is 36.7 Å². The number of thioether (sulfide) groups is 1. The maximum atomic E-state index is 11.8. The number of nitrogens with one attached hydrogen (secondary N) is 1. The molecule has 4 heteroatoms. The zero-order chi connectivity index (χ0) is 12.3. The zero-order valence-electron chi connectivity index (χ0n) is 10.3. The Balaban J connectivity index is 1.85. The Morgan fingerprint density at radius 3 is 2.94 bits per heavy atom. The summed E-state index contributed by atoms with van der Waals surface area (Å²) in [6.45, 7) is 0.380. The Bertz CT molecular complexity index is 404. The summed E-state index contributed by atoms with van der Waals surface area (Å²) in [5, 5.41) is 3.18. The molecule has 0 unspecified atom stereocenters. The highest BCUT2D eigenvalue weighted by atomic mass is 32.2. The van der Waals surface area contributed by atoms with Gasteiger partial charge in [-0.25, -0.2) is 0 Å². The molecule has 1 aromatic rings. The van der Waals surface area contributed by atoms with E-state index in [1.807, 2.05) is 30.3 Å². The maximum Gasteiger partial charge on any atom is 0.241 e. The molecule has 0 bridgehead atoms. The van der Waals surface area contributed by atoms with Crippen molar-refractivity contribution in [3.63, 3.8) is 0 Å². The second-order valence-corrected chi connectivity index (χ2v) is 5.20. The van der Waals surface area contributed by atoms with E-state index < -0.39 is 0 Å². The molecule has 92 valence electrons. The van der Waals surface area contributed by atoms with Crippen molar-refractivity contribution in [3.8, 4) is 0 Å². The molecule has 1 amide bonds. The van der Waals surface area contributed by atoms with Crippen molar-refractivity contribution in [2.24, 2.45) is 0 Å². The van der Waals surface area contributed by atoms with Crippen LogP contribution in [0.2, 0.25) is 0 Å². The van der Waals surface area contributed by atoms with Gasteiger partial charge in [-0.3, -0.25) is 4.79 Å². The number of amides is 1. The molecule has 0 radical (unpaired) electrons. The van der Waals surface area contributed by atoms with Gasteiger partial charge in [-0.05, 0) is 37.3 Å². The average Bonchev–Trinajstić information content (AvgIpc) is 3.19. The molecule has 1 N–H and O–H groups in total. The highest BCUT2D eigenvalue weighted by Crippen LogP contribution is 2.25. The fraction of sp³-hybridized carbons (Fsp3) is 0.462. The van der Waals surface area contributed by atoms with Crippen LogP contribution in [0.15, 0.2) is 29.2 Å². The van der Waals surface area contributed by atoms with Gasteiger partial charge >= 0.3 is 0 Å². The third-order valence-corrected chi connectivity index (χ3v) is 3.73. The van der Waals surface area contributed by atoms with Crippen molar-refractivity contribution < 1.29 is 4.79 Å². The lowest BCUT2D eigenvalue weighted by molar-refractivity contribution is -0.128. The molecule has 0 atom stereocenters. The van der Waals surface area contributed by atoms with Gasteiger partial charge in [0, 0.05) is 23.7 Å². The van der Waals surface area contributed by atoms with E-state index in [9.17, 15) is 4.79 Å². The second kappa shape index (κ2) is 5.45. The molecular formula is C13H18N2OS. The van der Waals surface area contributed by atoms with Crippen LogP contribution in [0.1, 0.15) is 12.8 Å². The molecule has 2 rings (SSSR count). The Morgan fingerprint density at radius 1 is 1.53 bits per heavy atom. The van der Waals surface area contributed by atoms with Crippen LogP contribution in [0.4, 0.5) is 5.69 Å². The third-order valence-electron chi connectivity index (χ3n) is 3.00. The Hall–Kier alpha value is -1.16. The number of hydrogen-bond acceptors (Lipinski definition) is 3. The minimum Gasteiger partial charge on any atom is -0.376 e. The van der Waals surface area contributed by atoms with Gasteiger partial charge in [0.05, 0.1) is 6.54 Å². The van der Waals surface area contributed by atoms with Crippen LogP contribution in [0.5, 0.6) is 0 Å². The van der Waals surface area contributed by atoms with E-state index in [1.54, 1.807) is 11.8 Å². The van der Waals surface area contributed by atoms with Crippen LogP contribution < -0.4 is 5.32 Å². The zero-order valence-corrected chi connectivity index (χ0v) is 11.1. The molecule has 1 aliphatic rings. The van der Waals surface area contributed by atoms with Gasteiger partial charge < -0.3 is 10.2 Å². The van der Waals surface area contributed by atoms with E-state index in [-0.39, 0.29) is 5.91 Å². The summed E-state index contributed by atoms with van der Waals surface area (Å²) >= 11 is 1.70. The molecule has 1 saturated carbocycles. The lowest BCUT2D eigenvalue weighted by Gasteiger charge is -2.17. The van der Waals surface area contributed by atoms with Gasteiger partial charge in [-0.15, -0.1) is 11.8 Å². The molecule has 1 fully saturated rings. The first-order valence-electron chi connectivity index (χ1n) is 5.84. The predicted octanol–water partition coefficient (Wildman–Crippen LogP) is 2.44. The maximum absolute atomic E-state index is 11.8. The van der Waals surface area contributed by atoms with Crippen LogP contribution in [0.3, 0.4) is 0 Å². The fourth-order valence-electron chi connectivity index (χ4n) is 1.70. The van der Waals surface area contributed by atoms with Crippen LogP contribution >= 0.6 is 11.8 Å². The van der Waals surface area contributed by atoms with E-state index in [1.165, 1.54) is 4.90 Å². The van der Waals surface area contributed by atoms with Crippen LogP contribution in [-0.2, 0) is 4.79 Å². The Morgan fingerprint density at radius 2 is 2.29 bits per heavy atom. The number of nitrogens with zero attached hydrogens (tertiary/aromatic N) is 1. The SMILES string of the molecule is CSc1cccc(NCC(=O)N(C)C2CC2)c1. The van der Waals surface area contributed by atoms with E-state index in [2.05, 4.69) is 17.4 Å². The van der Waals surface area contributed by atoms with Gasteiger partial charge in [0.2, 0.25) is 5.91 Å². The standard InChI is InChI=1S/C13H18N2OS/c1-15(11-6-7-11)13(16)9-14-10-4-3-5-12(8-10)17-2/h3-5,8,11,14H,6-7,9H2,1-2H3. The molecular weight excluding hydrogens is 232 g/mol. The molecule has 3 nitrogen and oxygen atoms in total. The van der Waals surface area contributed by atoms with Gasteiger partial charge in [0.1, 0.15) is 0 Å². The number of rotatable bonds is 5. The van der Waals surface area contributed by atoms with Crippen LogP contribution in [0, 0.1) is 0 Å². The van der Waals surface area contributed by atoms with E-state index in [0.29, 0.717) is 12.6 Å². The number of carbonyl (C=O) groups excluding carboxylic acids is 1. The fourth-order valence-corrected chi connectivity index (χ4v) is 2.16. The van der Waals surface area contributed by atoms with Crippen molar-refractivity contribution in [2.45, 2.75) is 23.8 Å². The summed E-state index contributed by atoms with van der Waals surface area (Å²) in [6, 6.07) is 8.61. The Kier molecular flexibility index (Phi) is 3.94. The van der Waals surface area contributed by atoms with Crippen molar-refractivity contribution >= 4 is 23.4 Å². The summed E-state index contributed by atoms with van der Waals surface area (Å²) in [4.78, 5) is 14.9. The molecule has 0 saturated heterocycles. The molecule has 17 heavy (non-hydrogen) atoms. The van der Waals surface area contributed by atoms with E-state index >= 15 is 0 Å². The highest BCUT2D eigenvalue weighted by molar-refractivity contribution is 7.98. The summed E-state index contributed by atoms with van der Waals surface area (Å²) in [5.41, 5.74) is 1.01. The van der Waals surface area contributed by atoms with E-state index in [4.69, 9.17) is 0 Å². The highest BCUT2D eigenvalue weighted by Gasteiger charge is 2.29. The second-order valence-electron chi connectivity index (χ2n) is 4.32. The minimum absolute atomic E-state index is 0.169. The van der Waals surface area contributed by atoms with Crippen molar-refractivity contribution in [3.05, 3.63) is 24.3 Å². The van der Waals surface area contributed by atoms with Crippen molar-refractivity contribution in [1.29, 1.82) is 0 Å². The first-order chi connectivity index (χ1) is 8.20. The normalized spacial score (nSPS) is 14.5. The Labute approximate surface area is 107 Å². The summed E-state index contributed by atoms with van der Waals surface area (Å²) in [5.74, 6) is 0.169. The van der Waals surface area contributed by atoms with Gasteiger partial charge in [0.25, 0.3) is 0 Å². The topological polar surface area (TPSA) is 32.3 Å². The van der Waals surface area contributed by atoms with Gasteiger partial charge in [-0.1, -0.05) is 6.07 Å². The lowest BCUT2D eigenvalue weighted by Crippen LogP contribution is -2.33. The van der Waals surface area contributed by atoms with Crippen molar-refractivity contribution in [1.82, 2.24) is 4.90 Å². The van der Waals surface area contributed by atoms with E-state index in [0.717, 1.165) is 18.5 Å². The molecule has 0 aliphatic heterocycles. The monoisotopic (exact) mass is 250 g/mol. The summed E-state index contributed by atoms with van der Waals surface area (Å²) < 4.78 is 0. The average molecular weight is 250 g/mol. The number of hydrogen-bond donors (Lipinski definition) is 1. The largest absolute Gasteiger partial charge is 0.376 e. The molecule has 0 spiro atoms. The quantitative estimate of drug-likeness (QED) is 0.815. The van der Waals surface area contributed by atoms with Gasteiger partial charge in [0.15, 0.2) is 0 Å². The number of likely N-dealkylation sites (N-methyl/N-ethyl adjacent to an activating group) is 1. The minimum atomic E-state index is 0.169. The first kappa shape index (κ1) is 12.3. The number of anilines is 1. The summed E-state index contributed by atoms with van der Waals surface area (Å²) in [7, 11) is 1.89. The van der Waals surface area contributed by atoms with Gasteiger partial charge in [-0.2, -0.15) is 0 Å². The molecule has 0 aromatic heterocycles. The number of benzene rings is 1. The molecule has 1 aromatic carbocycles. The number of carbonyl (C=O) groups is 1. The first-order valence-corrected chi connectivity index (χ1v) is 7.07.